The maximum absolute atomic E-state index is 2.45. The molecular formula is C38H46. The molecule has 0 aliphatic rings. The summed E-state index contributed by atoms with van der Waals surface area (Å²) in [4.78, 5) is 0. The maximum atomic E-state index is 2.45. The van der Waals surface area contributed by atoms with Crippen LogP contribution in [0.1, 0.15) is 90.2 Å². The van der Waals surface area contributed by atoms with E-state index < -0.39 is 0 Å². The van der Waals surface area contributed by atoms with Crippen LogP contribution in [0.3, 0.4) is 0 Å². The van der Waals surface area contributed by atoms with Gasteiger partial charge in [0.05, 0.1) is 0 Å². The summed E-state index contributed by atoms with van der Waals surface area (Å²) >= 11 is 0. The van der Waals surface area contributed by atoms with Gasteiger partial charge in [0.25, 0.3) is 0 Å². The molecule has 0 N–H and O–H groups in total. The first-order valence-electron chi connectivity index (χ1n) is 15.4. The number of hydrogen-bond acceptors (Lipinski definition) is 0. The van der Waals surface area contributed by atoms with E-state index in [9.17, 15) is 0 Å². The molecule has 2 unspecified atom stereocenters. The van der Waals surface area contributed by atoms with Crippen molar-refractivity contribution in [2.75, 3.05) is 0 Å². The van der Waals surface area contributed by atoms with E-state index in [0.717, 1.165) is 11.8 Å². The van der Waals surface area contributed by atoms with Crippen molar-refractivity contribution in [2.45, 2.75) is 91.9 Å². The Hall–Kier alpha value is -2.86. The summed E-state index contributed by atoms with van der Waals surface area (Å²) in [7, 11) is 0. The fourth-order valence-electron chi connectivity index (χ4n) is 6.41. The van der Waals surface area contributed by atoms with E-state index in [-0.39, 0.29) is 0 Å². The van der Waals surface area contributed by atoms with Crippen LogP contribution in [0.5, 0.6) is 0 Å². The number of fused-ring (bicyclic) bond motifs is 4. The first-order chi connectivity index (χ1) is 18.6. The van der Waals surface area contributed by atoms with Crippen LogP contribution in [0.25, 0.3) is 43.1 Å². The van der Waals surface area contributed by atoms with Crippen molar-refractivity contribution in [1.82, 2.24) is 0 Å². The van der Waals surface area contributed by atoms with Crippen LogP contribution in [0, 0.1) is 11.8 Å². The second-order valence-corrected chi connectivity index (χ2v) is 11.9. The largest absolute Gasteiger partial charge is 0.0654 e. The summed E-state index contributed by atoms with van der Waals surface area (Å²) in [5.41, 5.74) is 2.98. The number of hydrogen-bond donors (Lipinski definition) is 0. The molecule has 5 rings (SSSR count). The Bertz CT molecular complexity index is 1410. The molecule has 0 saturated carbocycles. The highest BCUT2D eigenvalue weighted by Gasteiger charge is 2.10. The zero-order valence-corrected chi connectivity index (χ0v) is 24.2. The Morgan fingerprint density at radius 2 is 0.763 bits per heavy atom. The van der Waals surface area contributed by atoms with Crippen LogP contribution in [-0.2, 0) is 12.8 Å². The minimum absolute atomic E-state index is 0.800. The monoisotopic (exact) mass is 502 g/mol. The zero-order chi connectivity index (χ0) is 26.5. The molecule has 5 aromatic rings. The lowest BCUT2D eigenvalue weighted by Gasteiger charge is -2.15. The van der Waals surface area contributed by atoms with Gasteiger partial charge in [0, 0.05) is 0 Å². The van der Waals surface area contributed by atoms with Gasteiger partial charge in [-0.3, -0.25) is 0 Å². The predicted octanol–water partition coefficient (Wildman–Crippen LogP) is 11.8. The second-order valence-electron chi connectivity index (χ2n) is 11.9. The van der Waals surface area contributed by atoms with Crippen molar-refractivity contribution in [1.29, 1.82) is 0 Å². The summed E-state index contributed by atoms with van der Waals surface area (Å²) in [6.45, 7) is 9.30. The van der Waals surface area contributed by atoms with Crippen LogP contribution in [0.15, 0.2) is 72.8 Å². The van der Waals surface area contributed by atoms with Gasteiger partial charge in [-0.15, -0.1) is 0 Å². The smallest absolute Gasteiger partial charge is 0.0171 e. The molecule has 0 spiro atoms. The minimum atomic E-state index is 0.800. The maximum Gasteiger partial charge on any atom is -0.0171 e. The van der Waals surface area contributed by atoms with E-state index in [1.807, 2.05) is 0 Å². The van der Waals surface area contributed by atoms with E-state index in [1.54, 1.807) is 0 Å². The lowest BCUT2D eigenvalue weighted by molar-refractivity contribution is 0.449. The molecule has 0 heterocycles. The van der Waals surface area contributed by atoms with Crippen LogP contribution < -0.4 is 0 Å². The fourth-order valence-corrected chi connectivity index (χ4v) is 6.41. The van der Waals surface area contributed by atoms with Gasteiger partial charge in [0.15, 0.2) is 0 Å². The zero-order valence-electron chi connectivity index (χ0n) is 24.2. The van der Waals surface area contributed by atoms with Crippen molar-refractivity contribution in [3.05, 3.63) is 83.9 Å². The Morgan fingerprint density at radius 3 is 1.11 bits per heavy atom. The Kier molecular flexibility index (Phi) is 8.68. The van der Waals surface area contributed by atoms with Gasteiger partial charge in [0.1, 0.15) is 0 Å². The SMILES string of the molecule is CCCCC(CC)Cc1ccc2cc3cc4cc5ccc(CC(CC)CCCC)cc5cc4cc3cc2c1. The van der Waals surface area contributed by atoms with Crippen LogP contribution >= 0.6 is 0 Å². The summed E-state index contributed by atoms with van der Waals surface area (Å²) in [5, 5.41) is 10.8. The normalized spacial score (nSPS) is 13.6. The average molecular weight is 503 g/mol. The lowest BCUT2D eigenvalue weighted by Crippen LogP contribution is -2.03. The third kappa shape index (κ3) is 6.06. The lowest BCUT2D eigenvalue weighted by atomic mass is 9.90. The molecule has 0 aliphatic carbocycles. The van der Waals surface area contributed by atoms with Crippen molar-refractivity contribution in [2.24, 2.45) is 11.8 Å². The molecule has 0 radical (unpaired) electrons. The predicted molar refractivity (Wildman–Crippen MR) is 170 cm³/mol. The summed E-state index contributed by atoms with van der Waals surface area (Å²) in [6.07, 6.45) is 12.9. The van der Waals surface area contributed by atoms with Crippen LogP contribution in [0.2, 0.25) is 0 Å². The summed E-state index contributed by atoms with van der Waals surface area (Å²) in [5.74, 6) is 1.60. The van der Waals surface area contributed by atoms with Gasteiger partial charge in [-0.25, -0.2) is 0 Å². The van der Waals surface area contributed by atoms with Gasteiger partial charge >= 0.3 is 0 Å². The first kappa shape index (κ1) is 26.7. The first-order valence-corrected chi connectivity index (χ1v) is 15.4. The van der Waals surface area contributed by atoms with Crippen LogP contribution in [-0.4, -0.2) is 0 Å². The third-order valence-electron chi connectivity index (χ3n) is 8.97. The molecule has 0 aromatic heterocycles. The van der Waals surface area contributed by atoms with Gasteiger partial charge in [0.2, 0.25) is 0 Å². The molecule has 0 fully saturated rings. The van der Waals surface area contributed by atoms with E-state index >= 15 is 0 Å². The molecule has 2 atom stereocenters. The highest BCUT2D eigenvalue weighted by atomic mass is 14.2. The summed E-state index contributed by atoms with van der Waals surface area (Å²) < 4.78 is 0. The third-order valence-corrected chi connectivity index (χ3v) is 8.97. The quantitative estimate of drug-likeness (QED) is 0.149. The van der Waals surface area contributed by atoms with E-state index in [0.29, 0.717) is 0 Å². The topological polar surface area (TPSA) is 0 Å². The van der Waals surface area contributed by atoms with Gasteiger partial charge in [-0.05, 0) is 115 Å². The van der Waals surface area contributed by atoms with Gasteiger partial charge in [-0.2, -0.15) is 0 Å². The fraction of sp³-hybridized carbons (Fsp3) is 0.421. The molecule has 0 amide bonds. The second kappa shape index (κ2) is 12.3. The minimum Gasteiger partial charge on any atom is -0.0654 e. The van der Waals surface area contributed by atoms with Crippen molar-refractivity contribution in [3.8, 4) is 0 Å². The molecule has 38 heavy (non-hydrogen) atoms. The molecule has 5 aromatic carbocycles. The van der Waals surface area contributed by atoms with Crippen molar-refractivity contribution < 1.29 is 0 Å². The van der Waals surface area contributed by atoms with Gasteiger partial charge in [-0.1, -0.05) is 115 Å². The van der Waals surface area contributed by atoms with E-state index in [1.165, 1.54) is 118 Å². The van der Waals surface area contributed by atoms with Gasteiger partial charge < -0.3 is 0 Å². The molecule has 0 nitrogen and oxygen atoms in total. The average Bonchev–Trinajstić information content (AvgIpc) is 2.94. The highest BCUT2D eigenvalue weighted by Crippen LogP contribution is 2.32. The van der Waals surface area contributed by atoms with Crippen molar-refractivity contribution >= 4 is 43.1 Å². The number of unbranched alkanes of at least 4 members (excludes halogenated alkanes) is 2. The highest BCUT2D eigenvalue weighted by molar-refractivity contribution is 6.08. The standard InChI is InChI=1S/C38H46/c1-5-9-11-27(7-3)17-29-13-15-31-21-35-25-36-22-32-16-14-30(18-28(8-4)12-10-6-2)20-34(32)24-38(36)26-37(35)23-33(31)19-29/h13-16,19-28H,5-12,17-18H2,1-4H3. The molecule has 0 aliphatic heterocycles. The van der Waals surface area contributed by atoms with Crippen LogP contribution in [0.4, 0.5) is 0 Å². The number of rotatable bonds is 12. The number of benzene rings is 5. The molecule has 0 saturated heterocycles. The Balaban J connectivity index is 1.47. The molecule has 0 bridgehead atoms. The van der Waals surface area contributed by atoms with E-state index in [2.05, 4.69) is 100 Å². The Labute approximate surface area is 230 Å². The van der Waals surface area contributed by atoms with Crippen molar-refractivity contribution in [3.63, 3.8) is 0 Å². The molecular weight excluding hydrogens is 456 g/mol. The molecule has 0 heteroatoms. The van der Waals surface area contributed by atoms with E-state index in [4.69, 9.17) is 0 Å². The summed E-state index contributed by atoms with van der Waals surface area (Å²) in [6, 6.07) is 28.7. The molecule has 198 valence electrons. The Morgan fingerprint density at radius 1 is 0.421 bits per heavy atom.